The first kappa shape index (κ1) is 19.6. The van der Waals surface area contributed by atoms with E-state index in [1.54, 1.807) is 61.7 Å². The molecule has 9 heteroatoms. The largest absolute Gasteiger partial charge is 0.497 e. The standard InChI is InChI=1S/C19H19N3O5S/c1-26-16-9-7-15(8-10-16)18(23)20-12-11-17-21-22-19(27-17)28(24,25)13-14-5-3-2-4-6-14/h2-10H,11-13H2,1H3,(H,20,23). The topological polar surface area (TPSA) is 111 Å². The van der Waals surface area contributed by atoms with Gasteiger partial charge in [0.25, 0.3) is 5.91 Å². The molecule has 1 heterocycles. The van der Waals surface area contributed by atoms with E-state index in [9.17, 15) is 13.2 Å². The van der Waals surface area contributed by atoms with Crippen molar-refractivity contribution >= 4 is 15.7 Å². The number of hydrogen-bond acceptors (Lipinski definition) is 7. The zero-order valence-electron chi connectivity index (χ0n) is 15.2. The summed E-state index contributed by atoms with van der Waals surface area (Å²) in [4.78, 5) is 12.1. The lowest BCUT2D eigenvalue weighted by atomic mass is 10.2. The van der Waals surface area contributed by atoms with Gasteiger partial charge in [0.15, 0.2) is 0 Å². The minimum absolute atomic E-state index is 0.140. The number of benzene rings is 2. The minimum atomic E-state index is -3.72. The highest BCUT2D eigenvalue weighted by atomic mass is 32.2. The second kappa shape index (κ2) is 8.66. The Balaban J connectivity index is 1.55. The van der Waals surface area contributed by atoms with Gasteiger partial charge in [-0.2, -0.15) is 0 Å². The summed E-state index contributed by atoms with van der Waals surface area (Å²) in [6.45, 7) is 0.227. The number of carbonyl (C=O) groups excluding carboxylic acids is 1. The quantitative estimate of drug-likeness (QED) is 0.615. The van der Waals surface area contributed by atoms with Crippen LogP contribution in [0.3, 0.4) is 0 Å². The number of amides is 1. The molecule has 0 aliphatic rings. The molecule has 8 nitrogen and oxygen atoms in total. The predicted octanol–water partition coefficient (Wildman–Crippen LogP) is 2.02. The number of methoxy groups -OCH3 is 1. The molecule has 0 aliphatic heterocycles. The van der Waals surface area contributed by atoms with E-state index < -0.39 is 15.1 Å². The Kier molecular flexibility index (Phi) is 6.05. The molecule has 0 spiro atoms. The first-order valence-corrected chi connectivity index (χ1v) is 10.1. The van der Waals surface area contributed by atoms with Crippen LogP contribution in [0.25, 0.3) is 0 Å². The molecule has 0 radical (unpaired) electrons. The molecule has 0 atom stereocenters. The summed E-state index contributed by atoms with van der Waals surface area (Å²) < 4.78 is 35.0. The number of sulfone groups is 1. The van der Waals surface area contributed by atoms with E-state index >= 15 is 0 Å². The van der Waals surface area contributed by atoms with Crippen molar-refractivity contribution in [2.75, 3.05) is 13.7 Å². The molecule has 146 valence electrons. The lowest BCUT2D eigenvalue weighted by Crippen LogP contribution is -2.25. The van der Waals surface area contributed by atoms with Gasteiger partial charge in [-0.15, -0.1) is 5.10 Å². The highest BCUT2D eigenvalue weighted by Crippen LogP contribution is 2.15. The molecule has 1 aromatic heterocycles. The predicted molar refractivity (Wildman–Crippen MR) is 101 cm³/mol. The smallest absolute Gasteiger partial charge is 0.335 e. The Hall–Kier alpha value is -3.20. The number of hydrogen-bond donors (Lipinski definition) is 1. The number of aromatic nitrogens is 2. The normalized spacial score (nSPS) is 11.2. The maximum absolute atomic E-state index is 12.4. The number of rotatable bonds is 8. The molecule has 3 aromatic rings. The van der Waals surface area contributed by atoms with E-state index in [4.69, 9.17) is 9.15 Å². The summed E-state index contributed by atoms with van der Waals surface area (Å²) >= 11 is 0. The first-order chi connectivity index (χ1) is 13.5. The molecule has 1 N–H and O–H groups in total. The van der Waals surface area contributed by atoms with Gasteiger partial charge in [-0.05, 0) is 29.8 Å². The third-order valence-corrected chi connectivity index (χ3v) is 5.30. The Bertz CT molecular complexity index is 1030. The first-order valence-electron chi connectivity index (χ1n) is 8.49. The monoisotopic (exact) mass is 401 g/mol. The summed E-state index contributed by atoms with van der Waals surface area (Å²) in [7, 11) is -2.17. The van der Waals surface area contributed by atoms with Crippen molar-refractivity contribution in [2.45, 2.75) is 17.4 Å². The van der Waals surface area contributed by atoms with Crippen LogP contribution in [-0.4, -0.2) is 38.2 Å². The lowest BCUT2D eigenvalue weighted by Gasteiger charge is -2.04. The number of nitrogens with zero attached hydrogens (tertiary/aromatic N) is 2. The SMILES string of the molecule is COc1ccc(C(=O)NCCc2nnc(S(=O)(=O)Cc3ccccc3)o2)cc1. The average molecular weight is 401 g/mol. The van der Waals surface area contributed by atoms with Gasteiger partial charge in [0.2, 0.25) is 15.7 Å². The van der Waals surface area contributed by atoms with Gasteiger partial charge in [0.1, 0.15) is 5.75 Å². The Labute approximate surface area is 162 Å². The Morgan fingerprint density at radius 3 is 2.46 bits per heavy atom. The average Bonchev–Trinajstić information content (AvgIpc) is 3.18. The van der Waals surface area contributed by atoms with Gasteiger partial charge in [-0.25, -0.2) is 8.42 Å². The highest BCUT2D eigenvalue weighted by Gasteiger charge is 2.23. The molecule has 28 heavy (non-hydrogen) atoms. The van der Waals surface area contributed by atoms with E-state index in [0.717, 1.165) is 0 Å². The summed E-state index contributed by atoms with van der Waals surface area (Å²) in [5.74, 6) is 0.316. The van der Waals surface area contributed by atoms with Gasteiger partial charge in [0, 0.05) is 18.5 Å². The van der Waals surface area contributed by atoms with Crippen LogP contribution in [0.1, 0.15) is 21.8 Å². The van der Waals surface area contributed by atoms with Crippen LogP contribution in [0.5, 0.6) is 5.75 Å². The number of ether oxygens (including phenoxy) is 1. The Morgan fingerprint density at radius 1 is 1.07 bits per heavy atom. The fourth-order valence-corrected chi connectivity index (χ4v) is 3.59. The maximum atomic E-state index is 12.4. The summed E-state index contributed by atoms with van der Waals surface area (Å²) in [6.07, 6.45) is 0.218. The van der Waals surface area contributed by atoms with E-state index in [-0.39, 0.29) is 30.5 Å². The molecule has 3 rings (SSSR count). The van der Waals surface area contributed by atoms with E-state index in [0.29, 0.717) is 16.9 Å². The zero-order valence-corrected chi connectivity index (χ0v) is 16.0. The van der Waals surface area contributed by atoms with Crippen molar-refractivity contribution in [1.29, 1.82) is 0 Å². The van der Waals surface area contributed by atoms with Crippen molar-refractivity contribution in [2.24, 2.45) is 0 Å². The summed E-state index contributed by atoms with van der Waals surface area (Å²) in [6, 6.07) is 15.4. The van der Waals surface area contributed by atoms with Crippen LogP contribution in [0, 0.1) is 0 Å². The maximum Gasteiger partial charge on any atom is 0.335 e. The lowest BCUT2D eigenvalue weighted by molar-refractivity contribution is 0.0953. The molecule has 0 aliphatic carbocycles. The van der Waals surface area contributed by atoms with Crippen LogP contribution in [0.2, 0.25) is 0 Å². The highest BCUT2D eigenvalue weighted by molar-refractivity contribution is 7.90. The van der Waals surface area contributed by atoms with Crippen molar-refractivity contribution in [3.63, 3.8) is 0 Å². The molecular weight excluding hydrogens is 382 g/mol. The number of carbonyl (C=O) groups is 1. The summed E-state index contributed by atoms with van der Waals surface area (Å²) in [5, 5.41) is 9.67. The molecule has 0 saturated carbocycles. The van der Waals surface area contributed by atoms with Gasteiger partial charge >= 0.3 is 5.22 Å². The third kappa shape index (κ3) is 4.95. The molecule has 0 saturated heterocycles. The van der Waals surface area contributed by atoms with Crippen molar-refractivity contribution in [1.82, 2.24) is 15.5 Å². The second-order valence-corrected chi connectivity index (χ2v) is 7.81. The third-order valence-electron chi connectivity index (χ3n) is 3.89. The van der Waals surface area contributed by atoms with Crippen LogP contribution < -0.4 is 10.1 Å². The fraction of sp³-hybridized carbons (Fsp3) is 0.211. The molecule has 0 bridgehead atoms. The van der Waals surface area contributed by atoms with Gasteiger partial charge < -0.3 is 14.5 Å². The van der Waals surface area contributed by atoms with Crippen LogP contribution >= 0.6 is 0 Å². The van der Waals surface area contributed by atoms with Gasteiger partial charge in [0.05, 0.1) is 12.9 Å². The molecule has 0 fully saturated rings. The van der Waals surface area contributed by atoms with Crippen LogP contribution in [0.15, 0.2) is 64.2 Å². The molecule has 1 amide bonds. The second-order valence-electron chi connectivity index (χ2n) is 5.94. The zero-order chi connectivity index (χ0) is 20.0. The van der Waals surface area contributed by atoms with E-state index in [1.807, 2.05) is 0 Å². The van der Waals surface area contributed by atoms with Gasteiger partial charge in [-0.1, -0.05) is 35.4 Å². The van der Waals surface area contributed by atoms with Crippen molar-refractivity contribution in [3.8, 4) is 5.75 Å². The molecule has 2 aromatic carbocycles. The van der Waals surface area contributed by atoms with E-state index in [1.165, 1.54) is 0 Å². The summed E-state index contributed by atoms with van der Waals surface area (Å²) in [5.41, 5.74) is 1.12. The van der Waals surface area contributed by atoms with Crippen LogP contribution in [-0.2, 0) is 22.0 Å². The number of nitrogens with one attached hydrogen (secondary N) is 1. The van der Waals surface area contributed by atoms with E-state index in [2.05, 4.69) is 15.5 Å². The fourth-order valence-electron chi connectivity index (χ4n) is 2.45. The minimum Gasteiger partial charge on any atom is -0.497 e. The van der Waals surface area contributed by atoms with Crippen LogP contribution in [0.4, 0.5) is 0 Å². The van der Waals surface area contributed by atoms with Crippen molar-refractivity contribution < 1.29 is 22.4 Å². The van der Waals surface area contributed by atoms with Gasteiger partial charge in [-0.3, -0.25) is 4.79 Å². The molecule has 0 unspecified atom stereocenters. The molecular formula is C19H19N3O5S. The van der Waals surface area contributed by atoms with Crippen molar-refractivity contribution in [3.05, 3.63) is 71.6 Å². The Morgan fingerprint density at radius 2 is 1.79 bits per heavy atom.